The fourth-order valence-corrected chi connectivity index (χ4v) is 2.95. The summed E-state index contributed by atoms with van der Waals surface area (Å²) >= 11 is 7.87. The van der Waals surface area contributed by atoms with E-state index in [0.717, 1.165) is 24.3 Å². The fraction of sp³-hybridized carbons (Fsp3) is 0.455. The van der Waals surface area contributed by atoms with Gasteiger partial charge in [-0.05, 0) is 30.4 Å². The Morgan fingerprint density at radius 2 is 2.25 bits per heavy atom. The number of hydrogen-bond donors (Lipinski definition) is 1. The van der Waals surface area contributed by atoms with E-state index < -0.39 is 0 Å². The number of thioether (sulfide) groups is 1. The van der Waals surface area contributed by atoms with Crippen molar-refractivity contribution >= 4 is 29.3 Å². The van der Waals surface area contributed by atoms with E-state index in [1.54, 1.807) is 12.3 Å². The zero-order valence-electron chi connectivity index (χ0n) is 8.78. The molecule has 0 bridgehead atoms. The molecular weight excluding hydrogens is 244 g/mol. The molecule has 86 valence electrons. The second-order valence-electron chi connectivity index (χ2n) is 3.72. The Kier molecular flexibility index (Phi) is 4.07. The van der Waals surface area contributed by atoms with Crippen LogP contribution in [0.5, 0.6) is 0 Å². The van der Waals surface area contributed by atoms with Crippen molar-refractivity contribution in [2.24, 2.45) is 0 Å². The molecule has 1 aromatic heterocycles. The zero-order valence-corrected chi connectivity index (χ0v) is 10.4. The fourth-order valence-electron chi connectivity index (χ4n) is 1.65. The van der Waals surface area contributed by atoms with Crippen LogP contribution >= 0.6 is 23.4 Å². The molecule has 0 spiro atoms. The zero-order chi connectivity index (χ0) is 11.4. The van der Waals surface area contributed by atoms with Crippen molar-refractivity contribution < 1.29 is 4.79 Å². The predicted octanol–water partition coefficient (Wildman–Crippen LogP) is 2.36. The molecule has 1 saturated heterocycles. The van der Waals surface area contributed by atoms with Crippen LogP contribution in [0.1, 0.15) is 23.2 Å². The number of carbonyl (C=O) groups is 1. The number of rotatable bonds is 2. The van der Waals surface area contributed by atoms with Crippen molar-refractivity contribution in [1.29, 1.82) is 0 Å². The summed E-state index contributed by atoms with van der Waals surface area (Å²) in [6.45, 7) is 0. The molecule has 0 unspecified atom stereocenters. The van der Waals surface area contributed by atoms with Crippen molar-refractivity contribution in [2.75, 3.05) is 11.5 Å². The van der Waals surface area contributed by atoms with Crippen molar-refractivity contribution in [3.63, 3.8) is 0 Å². The summed E-state index contributed by atoms with van der Waals surface area (Å²) < 4.78 is 0. The first-order valence-electron chi connectivity index (χ1n) is 5.25. The van der Waals surface area contributed by atoms with Crippen molar-refractivity contribution in [3.8, 4) is 0 Å². The Morgan fingerprint density at radius 3 is 2.94 bits per heavy atom. The van der Waals surface area contributed by atoms with Gasteiger partial charge in [0, 0.05) is 18.4 Å². The number of carbonyl (C=O) groups excluding carboxylic acids is 1. The topological polar surface area (TPSA) is 42.0 Å². The highest BCUT2D eigenvalue weighted by Crippen LogP contribution is 2.18. The van der Waals surface area contributed by atoms with E-state index in [1.807, 2.05) is 11.8 Å². The monoisotopic (exact) mass is 256 g/mol. The van der Waals surface area contributed by atoms with Gasteiger partial charge in [0.1, 0.15) is 0 Å². The third kappa shape index (κ3) is 2.89. The van der Waals surface area contributed by atoms with E-state index in [-0.39, 0.29) is 11.9 Å². The highest BCUT2D eigenvalue weighted by atomic mass is 35.5. The lowest BCUT2D eigenvalue weighted by molar-refractivity contribution is 0.0934. The van der Waals surface area contributed by atoms with Crippen LogP contribution in [-0.4, -0.2) is 28.4 Å². The minimum Gasteiger partial charge on any atom is -0.349 e. The van der Waals surface area contributed by atoms with Crippen LogP contribution in [0, 0.1) is 0 Å². The highest BCUT2D eigenvalue weighted by Gasteiger charge is 2.18. The normalized spacial score (nSPS) is 17.1. The third-order valence-electron chi connectivity index (χ3n) is 2.57. The molecule has 0 atom stereocenters. The largest absolute Gasteiger partial charge is 0.349 e. The average molecular weight is 257 g/mol. The first kappa shape index (κ1) is 11.7. The summed E-state index contributed by atoms with van der Waals surface area (Å²) in [7, 11) is 0. The van der Waals surface area contributed by atoms with Crippen LogP contribution in [0.4, 0.5) is 0 Å². The molecule has 1 N–H and O–H groups in total. The number of pyridine rings is 1. The van der Waals surface area contributed by atoms with Gasteiger partial charge in [-0.25, -0.2) is 0 Å². The second kappa shape index (κ2) is 5.55. The molecule has 0 aromatic carbocycles. The molecule has 1 fully saturated rings. The summed E-state index contributed by atoms with van der Waals surface area (Å²) in [5, 5.41) is 3.46. The molecule has 1 aliphatic rings. The van der Waals surface area contributed by atoms with E-state index >= 15 is 0 Å². The molecule has 0 radical (unpaired) electrons. The molecule has 2 heterocycles. The van der Waals surface area contributed by atoms with Gasteiger partial charge in [-0.1, -0.05) is 11.6 Å². The van der Waals surface area contributed by atoms with Crippen LogP contribution in [-0.2, 0) is 0 Å². The lowest BCUT2D eigenvalue weighted by atomic mass is 10.1. The van der Waals surface area contributed by atoms with Gasteiger partial charge in [0.15, 0.2) is 0 Å². The molecule has 5 heteroatoms. The predicted molar refractivity (Wildman–Crippen MR) is 67.1 cm³/mol. The number of nitrogens with one attached hydrogen (secondary N) is 1. The van der Waals surface area contributed by atoms with Crippen molar-refractivity contribution in [3.05, 3.63) is 29.0 Å². The van der Waals surface area contributed by atoms with E-state index in [1.165, 1.54) is 6.20 Å². The molecule has 0 saturated carbocycles. The van der Waals surface area contributed by atoms with Crippen molar-refractivity contribution in [2.45, 2.75) is 18.9 Å². The van der Waals surface area contributed by atoms with Gasteiger partial charge in [0.05, 0.1) is 10.6 Å². The lowest BCUT2D eigenvalue weighted by Gasteiger charge is -2.22. The van der Waals surface area contributed by atoms with Gasteiger partial charge in [0.25, 0.3) is 5.91 Å². The Labute approximate surface area is 104 Å². The summed E-state index contributed by atoms with van der Waals surface area (Å²) in [6, 6.07) is 1.91. The molecule has 16 heavy (non-hydrogen) atoms. The number of aromatic nitrogens is 1. The minimum atomic E-state index is -0.116. The molecule has 3 nitrogen and oxygen atoms in total. The third-order valence-corrected chi connectivity index (χ3v) is 3.95. The first-order chi connectivity index (χ1) is 7.77. The second-order valence-corrected chi connectivity index (χ2v) is 5.35. The Bertz CT molecular complexity index is 380. The van der Waals surface area contributed by atoms with E-state index in [4.69, 9.17) is 11.6 Å². The standard InChI is InChI=1S/C11H13ClN2OS/c12-10-1-4-13-7-9(10)11(15)14-8-2-5-16-6-3-8/h1,4,7-8H,2-3,5-6H2,(H,14,15). The first-order valence-corrected chi connectivity index (χ1v) is 6.79. The van der Waals surface area contributed by atoms with E-state index in [0.29, 0.717) is 10.6 Å². The molecule has 1 aromatic rings. The van der Waals surface area contributed by atoms with Gasteiger partial charge < -0.3 is 5.32 Å². The van der Waals surface area contributed by atoms with Gasteiger partial charge in [-0.15, -0.1) is 0 Å². The van der Waals surface area contributed by atoms with E-state index in [9.17, 15) is 4.79 Å². The lowest BCUT2D eigenvalue weighted by Crippen LogP contribution is -2.37. The van der Waals surface area contributed by atoms with E-state index in [2.05, 4.69) is 10.3 Å². The van der Waals surface area contributed by atoms with Crippen LogP contribution in [0.2, 0.25) is 5.02 Å². The maximum absolute atomic E-state index is 11.9. The molecule has 2 rings (SSSR count). The summed E-state index contributed by atoms with van der Waals surface area (Å²) in [5.74, 6) is 2.12. The summed E-state index contributed by atoms with van der Waals surface area (Å²) in [5.41, 5.74) is 0.461. The number of hydrogen-bond acceptors (Lipinski definition) is 3. The summed E-state index contributed by atoms with van der Waals surface area (Å²) in [6.07, 6.45) is 5.16. The molecule has 1 aliphatic heterocycles. The number of halogens is 1. The SMILES string of the molecule is O=C(NC1CCSCC1)c1cnccc1Cl. The van der Waals surface area contributed by atoms with Gasteiger partial charge in [-0.2, -0.15) is 11.8 Å². The molecule has 1 amide bonds. The Hall–Kier alpha value is -0.740. The van der Waals surface area contributed by atoms with Gasteiger partial charge in [-0.3, -0.25) is 9.78 Å². The Morgan fingerprint density at radius 1 is 1.50 bits per heavy atom. The summed E-state index contributed by atoms with van der Waals surface area (Å²) in [4.78, 5) is 15.8. The van der Waals surface area contributed by atoms with Gasteiger partial charge in [0.2, 0.25) is 0 Å². The Balaban J connectivity index is 2.00. The smallest absolute Gasteiger partial charge is 0.254 e. The number of amides is 1. The molecule has 0 aliphatic carbocycles. The minimum absolute atomic E-state index is 0.116. The van der Waals surface area contributed by atoms with Crippen molar-refractivity contribution in [1.82, 2.24) is 10.3 Å². The van der Waals surface area contributed by atoms with Crippen LogP contribution < -0.4 is 5.32 Å². The van der Waals surface area contributed by atoms with Crippen LogP contribution in [0.25, 0.3) is 0 Å². The average Bonchev–Trinajstić information content (AvgIpc) is 2.31. The van der Waals surface area contributed by atoms with Crippen LogP contribution in [0.3, 0.4) is 0 Å². The highest BCUT2D eigenvalue weighted by molar-refractivity contribution is 7.99. The maximum atomic E-state index is 11.9. The molecular formula is C11H13ClN2OS. The van der Waals surface area contributed by atoms with Crippen LogP contribution in [0.15, 0.2) is 18.5 Å². The maximum Gasteiger partial charge on any atom is 0.254 e. The van der Waals surface area contributed by atoms with Gasteiger partial charge >= 0.3 is 0 Å². The quantitative estimate of drug-likeness (QED) is 0.883. The number of nitrogens with zero attached hydrogens (tertiary/aromatic N) is 1.